The molecule has 3 aromatic carbocycles. The number of aryl methyl sites for hydroxylation is 2. The molecule has 1 heterocycles. The van der Waals surface area contributed by atoms with Gasteiger partial charge < -0.3 is 20.9 Å². The van der Waals surface area contributed by atoms with Crippen molar-refractivity contribution in [2.45, 2.75) is 44.2 Å². The first-order valence-corrected chi connectivity index (χ1v) is 15.5. The summed E-state index contributed by atoms with van der Waals surface area (Å²) in [5.74, 6) is 1.16. The average Bonchev–Trinajstić information content (AvgIpc) is 3.14. The van der Waals surface area contributed by atoms with E-state index in [1.807, 2.05) is 74.5 Å². The number of nitrogens with zero attached hydrogens (tertiary/aromatic N) is 1. The van der Waals surface area contributed by atoms with Crippen LogP contribution in [-0.2, 0) is 15.1 Å². The highest BCUT2D eigenvalue weighted by Gasteiger charge is 2.53. The van der Waals surface area contributed by atoms with Gasteiger partial charge in [0.25, 0.3) is 5.91 Å². The van der Waals surface area contributed by atoms with Crippen molar-refractivity contribution in [2.24, 2.45) is 0 Å². The number of para-hydroxylation sites is 1. The molecule has 1 atom stereocenters. The number of hydrogen-bond donors (Lipinski definition) is 3. The fourth-order valence-electron chi connectivity index (χ4n) is 4.79. The molecule has 0 fully saturated rings. The van der Waals surface area contributed by atoms with Crippen molar-refractivity contribution in [3.8, 4) is 0 Å². The number of rotatable bonds is 11. The summed E-state index contributed by atoms with van der Waals surface area (Å²) in [5.41, 5.74) is 3.11. The highest BCUT2D eigenvalue weighted by Crippen LogP contribution is 2.44. The summed E-state index contributed by atoms with van der Waals surface area (Å²) in [5, 5.41) is 8.68. The zero-order chi connectivity index (χ0) is 28.7. The third-order valence-electron chi connectivity index (χ3n) is 6.70. The predicted molar refractivity (Wildman–Crippen MR) is 168 cm³/mol. The number of urea groups is 1. The Labute approximate surface area is 244 Å². The largest absolute Gasteiger partial charge is 0.326 e. The van der Waals surface area contributed by atoms with Crippen molar-refractivity contribution in [1.82, 2.24) is 5.32 Å². The van der Waals surface area contributed by atoms with E-state index in [0.29, 0.717) is 29.2 Å². The fraction of sp³-hybridized carbons (Fsp3) is 0.323. The molecule has 0 aromatic heterocycles. The molecule has 0 unspecified atom stereocenters. The number of nitrogens with one attached hydrogen (secondary N) is 3. The number of carbonyl (C=O) groups excluding carboxylic acids is 3. The SMILES string of the molecule is CCSC(CN1C(=O)[C@@](CC(=O)Nc2ccc(C)cc2)(NC(=O)Nc2ccc(C)cc2)c2ccccc21)SCC. The molecule has 7 nitrogen and oxygen atoms in total. The van der Waals surface area contributed by atoms with Crippen LogP contribution in [0.1, 0.15) is 37.0 Å². The second-order valence-electron chi connectivity index (χ2n) is 9.71. The minimum absolute atomic E-state index is 0.158. The van der Waals surface area contributed by atoms with Gasteiger partial charge >= 0.3 is 6.03 Å². The van der Waals surface area contributed by atoms with Crippen LogP contribution in [-0.4, -0.2) is 40.5 Å². The van der Waals surface area contributed by atoms with Crippen molar-refractivity contribution in [3.63, 3.8) is 0 Å². The van der Waals surface area contributed by atoms with E-state index in [-0.39, 0.29) is 22.8 Å². The smallest absolute Gasteiger partial charge is 0.320 e. The number of fused-ring (bicyclic) bond motifs is 1. The summed E-state index contributed by atoms with van der Waals surface area (Å²) < 4.78 is 0.158. The lowest BCUT2D eigenvalue weighted by atomic mass is 9.87. The molecule has 4 rings (SSSR count). The molecule has 3 aromatic rings. The molecule has 40 heavy (non-hydrogen) atoms. The number of hydrogen-bond acceptors (Lipinski definition) is 5. The van der Waals surface area contributed by atoms with Gasteiger partial charge in [-0.2, -0.15) is 0 Å². The summed E-state index contributed by atoms with van der Waals surface area (Å²) in [6.07, 6.45) is -0.249. The topological polar surface area (TPSA) is 90.5 Å². The van der Waals surface area contributed by atoms with Gasteiger partial charge in [0.1, 0.15) is 0 Å². The van der Waals surface area contributed by atoms with Gasteiger partial charge in [0.05, 0.1) is 11.0 Å². The lowest BCUT2D eigenvalue weighted by molar-refractivity contribution is -0.128. The first-order valence-electron chi connectivity index (χ1n) is 13.4. The summed E-state index contributed by atoms with van der Waals surface area (Å²) in [6.45, 7) is 8.61. The Bertz CT molecular complexity index is 1280. The van der Waals surface area contributed by atoms with Crippen LogP contribution in [0.25, 0.3) is 0 Å². The second kappa shape index (κ2) is 13.3. The predicted octanol–water partition coefficient (Wildman–Crippen LogP) is 6.53. The molecule has 1 aliphatic rings. The summed E-state index contributed by atoms with van der Waals surface area (Å²) in [6, 6.07) is 21.7. The van der Waals surface area contributed by atoms with Crippen molar-refractivity contribution >= 4 is 58.4 Å². The number of thioether (sulfide) groups is 2. The van der Waals surface area contributed by atoms with E-state index in [4.69, 9.17) is 0 Å². The Morgan fingerprint density at radius 2 is 1.38 bits per heavy atom. The van der Waals surface area contributed by atoms with Crippen molar-refractivity contribution in [1.29, 1.82) is 0 Å². The maximum absolute atomic E-state index is 14.4. The third kappa shape index (κ3) is 6.82. The molecule has 3 N–H and O–H groups in total. The first-order chi connectivity index (χ1) is 19.3. The molecule has 9 heteroatoms. The number of amides is 4. The Morgan fingerprint density at radius 1 is 0.825 bits per heavy atom. The van der Waals surface area contributed by atoms with E-state index in [9.17, 15) is 14.4 Å². The quantitative estimate of drug-likeness (QED) is 0.226. The van der Waals surface area contributed by atoms with Crippen LogP contribution in [0.3, 0.4) is 0 Å². The minimum Gasteiger partial charge on any atom is -0.326 e. The molecule has 0 radical (unpaired) electrons. The molecule has 1 aliphatic heterocycles. The lowest BCUT2D eigenvalue weighted by Gasteiger charge is -2.30. The van der Waals surface area contributed by atoms with Gasteiger partial charge in [-0.1, -0.05) is 67.4 Å². The molecular formula is C31H36N4O3S2. The molecule has 0 bridgehead atoms. The lowest BCUT2D eigenvalue weighted by Crippen LogP contribution is -2.56. The molecular weight excluding hydrogens is 541 g/mol. The Balaban J connectivity index is 1.69. The zero-order valence-electron chi connectivity index (χ0n) is 23.3. The Kier molecular flexibility index (Phi) is 9.81. The van der Waals surface area contributed by atoms with E-state index in [1.165, 1.54) is 0 Å². The van der Waals surface area contributed by atoms with E-state index in [1.54, 1.807) is 40.6 Å². The van der Waals surface area contributed by atoms with E-state index in [2.05, 4.69) is 29.8 Å². The molecule has 0 aliphatic carbocycles. The normalized spacial score (nSPS) is 16.1. The van der Waals surface area contributed by atoms with Crippen molar-refractivity contribution in [3.05, 3.63) is 89.5 Å². The third-order valence-corrected chi connectivity index (χ3v) is 9.22. The molecule has 4 amide bonds. The van der Waals surface area contributed by atoms with Crippen LogP contribution in [0, 0.1) is 13.8 Å². The van der Waals surface area contributed by atoms with E-state index < -0.39 is 11.6 Å². The maximum atomic E-state index is 14.4. The van der Waals surface area contributed by atoms with Gasteiger partial charge in [-0.25, -0.2) is 4.79 Å². The van der Waals surface area contributed by atoms with Gasteiger partial charge in [0, 0.05) is 29.2 Å². The summed E-state index contributed by atoms with van der Waals surface area (Å²) >= 11 is 3.58. The van der Waals surface area contributed by atoms with Crippen LogP contribution in [0.4, 0.5) is 21.9 Å². The van der Waals surface area contributed by atoms with Crippen LogP contribution >= 0.6 is 23.5 Å². The van der Waals surface area contributed by atoms with Gasteiger partial charge in [-0.05, 0) is 55.7 Å². The molecule has 0 spiro atoms. The van der Waals surface area contributed by atoms with Gasteiger partial charge in [-0.3, -0.25) is 9.59 Å². The average molecular weight is 577 g/mol. The van der Waals surface area contributed by atoms with E-state index >= 15 is 0 Å². The van der Waals surface area contributed by atoms with Crippen molar-refractivity contribution < 1.29 is 14.4 Å². The van der Waals surface area contributed by atoms with Crippen LogP contribution in [0.2, 0.25) is 0 Å². The van der Waals surface area contributed by atoms with Crippen LogP contribution in [0.15, 0.2) is 72.8 Å². The Hall–Kier alpha value is -3.43. The van der Waals surface area contributed by atoms with Gasteiger partial charge in [0.15, 0.2) is 5.54 Å². The standard InChI is InChI=1S/C31H36N4O3S2/c1-5-39-28(40-6-2)20-35-26-10-8-7-9-25(26)31(29(35)37,19-27(36)32-23-15-11-21(3)12-16-23)34-30(38)33-24-17-13-22(4)14-18-24/h7-18,28H,5-6,19-20H2,1-4H3,(H,32,36)(H2,33,34,38)/t31-/m0/s1. The van der Waals surface area contributed by atoms with Gasteiger partial charge in [-0.15, -0.1) is 23.5 Å². The summed E-state index contributed by atoms with van der Waals surface area (Å²) in [7, 11) is 0. The number of benzene rings is 3. The zero-order valence-corrected chi connectivity index (χ0v) is 25.0. The number of carbonyl (C=O) groups is 3. The highest BCUT2D eigenvalue weighted by molar-refractivity contribution is 8.17. The molecule has 0 saturated heterocycles. The van der Waals surface area contributed by atoms with Gasteiger partial charge in [0.2, 0.25) is 5.91 Å². The second-order valence-corrected chi connectivity index (χ2v) is 13.0. The highest BCUT2D eigenvalue weighted by atomic mass is 32.2. The van der Waals surface area contributed by atoms with Crippen LogP contribution < -0.4 is 20.9 Å². The van der Waals surface area contributed by atoms with E-state index in [0.717, 1.165) is 22.6 Å². The maximum Gasteiger partial charge on any atom is 0.320 e. The molecule has 210 valence electrons. The van der Waals surface area contributed by atoms with Crippen LogP contribution in [0.5, 0.6) is 0 Å². The minimum atomic E-state index is -1.57. The monoisotopic (exact) mass is 576 g/mol. The van der Waals surface area contributed by atoms with Crippen molar-refractivity contribution in [2.75, 3.05) is 33.6 Å². The first kappa shape index (κ1) is 29.6. The fourth-order valence-corrected chi connectivity index (χ4v) is 7.25. The summed E-state index contributed by atoms with van der Waals surface area (Å²) in [4.78, 5) is 43.0. The molecule has 0 saturated carbocycles. The number of anilines is 3. The Morgan fingerprint density at radius 3 is 1.95 bits per heavy atom.